The Kier molecular flexibility index (Phi) is 5.09. The van der Waals surface area contributed by atoms with E-state index in [1.165, 1.54) is 30.4 Å². The molecule has 0 saturated carbocycles. The Morgan fingerprint density at radius 3 is 2.08 bits per heavy atom. The normalized spacial score (nSPS) is 18.8. The SMILES string of the molecule is [2H]C([2H])([2H])c1ccc(-c2c(C([2H])([2H])[2H])ccc3c2Oc2ccccc2C(C)(C)C3(C)C)cc1-c1cc(-c2c(C([2H])([2H])C)ccc3c2sc2nc4ccccc4n23)ccc1C([2H])([2H])[2H]. The van der Waals surface area contributed by atoms with Gasteiger partial charge in [-0.3, -0.25) is 4.40 Å². The summed E-state index contributed by atoms with van der Waals surface area (Å²) in [5, 5.41) is 0. The zero-order chi connectivity index (χ0) is 45.4. The van der Waals surface area contributed by atoms with Crippen LogP contribution in [0, 0.1) is 20.6 Å². The van der Waals surface area contributed by atoms with Crippen LogP contribution in [0.5, 0.6) is 11.5 Å². The van der Waals surface area contributed by atoms with E-state index in [9.17, 15) is 0 Å². The quantitative estimate of drug-likeness (QED) is 0.182. The predicted octanol–water partition coefficient (Wildman–Crippen LogP) is 13.6. The minimum Gasteiger partial charge on any atom is -0.456 e. The first kappa shape index (κ1) is 22.7. The summed E-state index contributed by atoms with van der Waals surface area (Å²) in [6.07, 6.45) is -1.85. The van der Waals surface area contributed by atoms with Crippen molar-refractivity contribution in [1.29, 1.82) is 0 Å². The minimum atomic E-state index is -2.73. The molecule has 2 aromatic heterocycles. The standard InChI is InChI=1S/C48H44N2OS/c1-9-31-23-25-40-45(52-46-49-38-15-11-12-16-39(38)50(40)46)43(31)33-22-19-29(3)35(27-33)34-26-32(21-18-28(34)2)42-30(4)20-24-37-44(42)51-41-17-13-10-14-36(41)47(5,6)48(37,7)8/h10-27H,9H2,1-8H3/i2D3,3D3,4D3,9D2. The maximum Gasteiger partial charge on any atom is 0.195 e. The lowest BCUT2D eigenvalue weighted by atomic mass is 9.61. The number of ether oxygens (including phenoxy) is 1. The molecule has 0 unspecified atom stereocenters. The maximum absolute atomic E-state index is 8.95. The molecule has 0 spiro atoms. The molecule has 258 valence electrons. The van der Waals surface area contributed by atoms with Gasteiger partial charge in [0.05, 0.1) is 21.3 Å². The van der Waals surface area contributed by atoms with Crippen molar-refractivity contribution in [1.82, 2.24) is 9.38 Å². The Balaban J connectivity index is 1.36. The fourth-order valence-corrected chi connectivity index (χ4v) is 9.12. The second kappa shape index (κ2) is 11.7. The van der Waals surface area contributed by atoms with Gasteiger partial charge in [-0.25, -0.2) is 4.98 Å². The second-order valence-electron chi connectivity index (χ2n) is 14.6. The Hall–Kier alpha value is -5.19. The molecule has 0 fully saturated rings. The Labute approximate surface area is 326 Å². The summed E-state index contributed by atoms with van der Waals surface area (Å²) in [6, 6.07) is 31.7. The van der Waals surface area contributed by atoms with Crippen LogP contribution in [-0.2, 0) is 17.2 Å². The van der Waals surface area contributed by atoms with Gasteiger partial charge in [0, 0.05) is 48.2 Å². The molecule has 52 heavy (non-hydrogen) atoms. The summed E-state index contributed by atoms with van der Waals surface area (Å²) in [5.74, 6) is 0.880. The number of aromatic nitrogens is 2. The van der Waals surface area contributed by atoms with E-state index in [0.29, 0.717) is 38.7 Å². The fourth-order valence-electron chi connectivity index (χ4n) is 7.91. The summed E-state index contributed by atoms with van der Waals surface area (Å²) < 4.78 is 106. The van der Waals surface area contributed by atoms with E-state index in [1.807, 2.05) is 59.0 Å². The third-order valence-electron chi connectivity index (χ3n) is 11.4. The number of thiazole rings is 1. The Morgan fingerprint density at radius 1 is 0.692 bits per heavy atom. The number of nitrogens with zero attached hydrogens (tertiary/aromatic N) is 2. The molecule has 0 atom stereocenters. The zero-order valence-electron chi connectivity index (χ0n) is 40.6. The van der Waals surface area contributed by atoms with E-state index in [-0.39, 0.29) is 33.4 Å². The van der Waals surface area contributed by atoms with Crippen molar-refractivity contribution in [2.24, 2.45) is 0 Å². The minimum absolute atomic E-state index is 0.0108. The van der Waals surface area contributed by atoms with Crippen molar-refractivity contribution in [2.75, 3.05) is 0 Å². The number of hydrogen-bond acceptors (Lipinski definition) is 3. The van der Waals surface area contributed by atoms with Crippen LogP contribution in [-0.4, -0.2) is 9.38 Å². The van der Waals surface area contributed by atoms with Crippen molar-refractivity contribution < 1.29 is 19.8 Å². The van der Waals surface area contributed by atoms with Crippen LogP contribution in [0.25, 0.3) is 59.6 Å². The lowest BCUT2D eigenvalue weighted by Crippen LogP contribution is -2.39. The average Bonchev–Trinajstić information content (AvgIpc) is 3.73. The van der Waals surface area contributed by atoms with Crippen molar-refractivity contribution in [2.45, 2.75) is 72.4 Å². The first-order valence-corrected chi connectivity index (χ1v) is 18.2. The van der Waals surface area contributed by atoms with Crippen molar-refractivity contribution >= 4 is 37.5 Å². The molecular formula is C48H44N2OS. The van der Waals surface area contributed by atoms with Crippen LogP contribution < -0.4 is 4.74 Å². The highest BCUT2D eigenvalue weighted by molar-refractivity contribution is 7.24. The number of aryl methyl sites for hydroxylation is 4. The van der Waals surface area contributed by atoms with Gasteiger partial charge in [-0.2, -0.15) is 0 Å². The van der Waals surface area contributed by atoms with E-state index in [1.54, 1.807) is 42.5 Å². The molecule has 0 N–H and O–H groups in total. The topological polar surface area (TPSA) is 26.5 Å². The summed E-state index contributed by atoms with van der Waals surface area (Å²) in [7, 11) is 0. The molecule has 1 aliphatic rings. The number of fused-ring (bicyclic) bond motifs is 7. The van der Waals surface area contributed by atoms with Gasteiger partial charge < -0.3 is 4.74 Å². The molecular weight excluding hydrogens is 653 g/mol. The predicted molar refractivity (Wildman–Crippen MR) is 221 cm³/mol. The Morgan fingerprint density at radius 2 is 1.35 bits per heavy atom. The molecule has 3 heterocycles. The highest BCUT2D eigenvalue weighted by atomic mass is 32.1. The van der Waals surface area contributed by atoms with E-state index < -0.39 is 37.8 Å². The molecule has 0 radical (unpaired) electrons. The third-order valence-corrected chi connectivity index (χ3v) is 12.5. The monoisotopic (exact) mass is 707 g/mol. The summed E-state index contributed by atoms with van der Waals surface area (Å²) in [4.78, 5) is 5.55. The molecule has 0 amide bonds. The maximum atomic E-state index is 8.95. The van der Waals surface area contributed by atoms with Crippen molar-refractivity contribution in [3.8, 4) is 44.9 Å². The van der Waals surface area contributed by atoms with Gasteiger partial charge in [0.15, 0.2) is 4.96 Å². The summed E-state index contributed by atoms with van der Waals surface area (Å²) >= 11 is 1.39. The summed E-state index contributed by atoms with van der Waals surface area (Å²) in [6.45, 7) is 1.82. The lowest BCUT2D eigenvalue weighted by Gasteiger charge is -2.41. The molecule has 1 aliphatic heterocycles. The highest BCUT2D eigenvalue weighted by Gasteiger charge is 2.45. The van der Waals surface area contributed by atoms with Crippen molar-refractivity contribution in [3.05, 3.63) is 143 Å². The molecule has 0 aliphatic carbocycles. The van der Waals surface area contributed by atoms with E-state index >= 15 is 0 Å². The molecule has 4 heteroatoms. The first-order valence-electron chi connectivity index (χ1n) is 22.9. The number of imidazole rings is 1. The van der Waals surface area contributed by atoms with Crippen LogP contribution in [0.3, 0.4) is 0 Å². The van der Waals surface area contributed by atoms with E-state index in [4.69, 9.17) is 24.8 Å². The van der Waals surface area contributed by atoms with Gasteiger partial charge >= 0.3 is 0 Å². The third kappa shape index (κ3) is 4.66. The first-order chi connectivity index (χ1) is 29.3. The highest BCUT2D eigenvalue weighted by Crippen LogP contribution is 2.56. The van der Waals surface area contributed by atoms with E-state index in [0.717, 1.165) is 32.4 Å². The lowest BCUT2D eigenvalue weighted by molar-refractivity contribution is 0.306. The van der Waals surface area contributed by atoms with Gasteiger partial charge in [0.2, 0.25) is 0 Å². The number of rotatable bonds is 4. The van der Waals surface area contributed by atoms with Gasteiger partial charge in [0.1, 0.15) is 11.5 Å². The van der Waals surface area contributed by atoms with Crippen LogP contribution >= 0.6 is 11.3 Å². The van der Waals surface area contributed by atoms with Crippen LogP contribution in [0.4, 0.5) is 0 Å². The average molecular weight is 708 g/mol. The molecule has 9 rings (SSSR count). The largest absolute Gasteiger partial charge is 0.456 e. The van der Waals surface area contributed by atoms with Crippen LogP contribution in [0.1, 0.15) is 83.1 Å². The Bertz CT molecular complexity index is 3160. The smallest absolute Gasteiger partial charge is 0.195 e. The molecule has 0 bridgehead atoms. The molecule has 6 aromatic carbocycles. The van der Waals surface area contributed by atoms with Crippen LogP contribution in [0.2, 0.25) is 0 Å². The fraction of sp³-hybridized carbons (Fsp3) is 0.229. The number of para-hydroxylation sites is 3. The molecule has 8 aromatic rings. The van der Waals surface area contributed by atoms with Gasteiger partial charge in [-0.1, -0.05) is 119 Å². The van der Waals surface area contributed by atoms with Crippen LogP contribution in [0.15, 0.2) is 109 Å². The number of benzene rings is 6. The number of hydrogen-bond donors (Lipinski definition) is 0. The van der Waals surface area contributed by atoms with Gasteiger partial charge in [-0.15, -0.1) is 0 Å². The van der Waals surface area contributed by atoms with Gasteiger partial charge in [-0.05, 0) is 108 Å². The van der Waals surface area contributed by atoms with Crippen molar-refractivity contribution in [3.63, 3.8) is 0 Å². The zero-order valence-corrected chi connectivity index (χ0v) is 30.4. The van der Waals surface area contributed by atoms with E-state index in [2.05, 4.69) is 27.7 Å². The summed E-state index contributed by atoms with van der Waals surface area (Å²) in [5.41, 5.74) is 4.89. The molecule has 3 nitrogen and oxygen atoms in total. The second-order valence-corrected chi connectivity index (χ2v) is 15.6. The molecule has 0 saturated heterocycles. The van der Waals surface area contributed by atoms with Gasteiger partial charge in [0.25, 0.3) is 0 Å².